The summed E-state index contributed by atoms with van der Waals surface area (Å²) in [6, 6.07) is 2.11. The number of aromatic amines is 1. The van der Waals surface area contributed by atoms with Crippen molar-refractivity contribution >= 4 is 0 Å². The van der Waals surface area contributed by atoms with E-state index in [1.54, 1.807) is 0 Å². The number of rotatable bonds is 0. The molecule has 1 nitrogen and oxygen atoms in total. The van der Waals surface area contributed by atoms with Gasteiger partial charge in [-0.3, -0.25) is 0 Å². The van der Waals surface area contributed by atoms with Crippen LogP contribution in [0.4, 0.5) is 0 Å². The lowest BCUT2D eigenvalue weighted by Crippen LogP contribution is -2.08. The van der Waals surface area contributed by atoms with Crippen molar-refractivity contribution in [3.63, 3.8) is 0 Å². The summed E-state index contributed by atoms with van der Waals surface area (Å²) in [5.74, 6) is 0. The molecule has 0 aliphatic carbocycles. The third-order valence-corrected chi connectivity index (χ3v) is 1.46. The van der Waals surface area contributed by atoms with Gasteiger partial charge in [0.15, 0.2) is 0 Å². The molecule has 0 spiro atoms. The molecule has 1 aromatic rings. The van der Waals surface area contributed by atoms with E-state index < -0.39 is 0 Å². The highest BCUT2D eigenvalue weighted by atomic mass is 14.6. The number of H-pyrrole nitrogens is 1. The molecule has 0 aromatic carbocycles. The Bertz CT molecular complexity index is 167. The van der Waals surface area contributed by atoms with Crippen molar-refractivity contribution in [3.8, 4) is 0 Å². The summed E-state index contributed by atoms with van der Waals surface area (Å²) in [6.07, 6.45) is 4.00. The SMILES string of the molecule is CC(C)(C)c1cc[nH]c1. The van der Waals surface area contributed by atoms with Crippen molar-refractivity contribution in [2.75, 3.05) is 0 Å². The lowest BCUT2D eigenvalue weighted by Gasteiger charge is -2.15. The van der Waals surface area contributed by atoms with Crippen molar-refractivity contribution in [2.24, 2.45) is 0 Å². The maximum absolute atomic E-state index is 3.04. The van der Waals surface area contributed by atoms with Crippen molar-refractivity contribution in [2.45, 2.75) is 26.2 Å². The van der Waals surface area contributed by atoms with E-state index in [1.807, 2.05) is 12.4 Å². The predicted molar refractivity (Wildman–Crippen MR) is 39.5 cm³/mol. The van der Waals surface area contributed by atoms with Gasteiger partial charge in [-0.25, -0.2) is 0 Å². The third kappa shape index (κ3) is 1.35. The molecule has 1 heteroatoms. The van der Waals surface area contributed by atoms with E-state index in [0.717, 1.165) is 0 Å². The number of nitrogens with one attached hydrogen (secondary N) is 1. The lowest BCUT2D eigenvalue weighted by molar-refractivity contribution is 0.591. The van der Waals surface area contributed by atoms with Gasteiger partial charge in [-0.15, -0.1) is 0 Å². The summed E-state index contributed by atoms with van der Waals surface area (Å²) >= 11 is 0. The molecule has 1 rings (SSSR count). The van der Waals surface area contributed by atoms with Crippen LogP contribution >= 0.6 is 0 Å². The lowest BCUT2D eigenvalue weighted by atomic mass is 9.89. The van der Waals surface area contributed by atoms with Gasteiger partial charge in [0.25, 0.3) is 0 Å². The van der Waals surface area contributed by atoms with Crippen LogP contribution in [-0.4, -0.2) is 4.98 Å². The molecule has 9 heavy (non-hydrogen) atoms. The molecule has 0 radical (unpaired) electrons. The van der Waals surface area contributed by atoms with Crippen molar-refractivity contribution in [1.82, 2.24) is 4.98 Å². The molecule has 0 amide bonds. The van der Waals surface area contributed by atoms with Crippen LogP contribution in [0.25, 0.3) is 0 Å². The number of aromatic nitrogens is 1. The minimum Gasteiger partial charge on any atom is -0.367 e. The Hall–Kier alpha value is -0.720. The van der Waals surface area contributed by atoms with E-state index in [2.05, 4.69) is 31.8 Å². The first-order valence-electron chi connectivity index (χ1n) is 3.24. The molecule has 1 aromatic heterocycles. The second kappa shape index (κ2) is 1.90. The maximum atomic E-state index is 3.04. The summed E-state index contributed by atoms with van der Waals surface area (Å²) in [5, 5.41) is 0. The largest absolute Gasteiger partial charge is 0.367 e. The highest BCUT2D eigenvalue weighted by Crippen LogP contribution is 2.20. The minimum absolute atomic E-state index is 0.292. The summed E-state index contributed by atoms with van der Waals surface area (Å²) in [7, 11) is 0. The fourth-order valence-electron chi connectivity index (χ4n) is 0.790. The molecule has 0 fully saturated rings. The minimum atomic E-state index is 0.292. The molecule has 0 atom stereocenters. The van der Waals surface area contributed by atoms with Crippen molar-refractivity contribution in [1.29, 1.82) is 0 Å². The fraction of sp³-hybridized carbons (Fsp3) is 0.500. The highest BCUT2D eigenvalue weighted by molar-refractivity contribution is 5.17. The normalized spacial score (nSPS) is 11.9. The molecule has 0 unspecified atom stereocenters. The molecule has 0 aliphatic heterocycles. The van der Waals surface area contributed by atoms with E-state index in [9.17, 15) is 0 Å². The Morgan fingerprint density at radius 3 is 2.22 bits per heavy atom. The first-order chi connectivity index (χ1) is 4.11. The second-order valence-electron chi connectivity index (χ2n) is 3.35. The van der Waals surface area contributed by atoms with Gasteiger partial charge in [-0.1, -0.05) is 20.8 Å². The zero-order valence-electron chi connectivity index (χ0n) is 6.23. The van der Waals surface area contributed by atoms with Crippen LogP contribution in [0.1, 0.15) is 26.3 Å². The Morgan fingerprint density at radius 2 is 2.00 bits per heavy atom. The molecule has 1 heterocycles. The van der Waals surface area contributed by atoms with Gasteiger partial charge in [0.05, 0.1) is 0 Å². The monoisotopic (exact) mass is 123 g/mol. The second-order valence-corrected chi connectivity index (χ2v) is 3.35. The quantitative estimate of drug-likeness (QED) is 0.545. The van der Waals surface area contributed by atoms with E-state index in [4.69, 9.17) is 0 Å². The average molecular weight is 123 g/mol. The molecule has 50 valence electrons. The smallest absolute Gasteiger partial charge is 0.00426 e. The van der Waals surface area contributed by atoms with Crippen molar-refractivity contribution in [3.05, 3.63) is 24.0 Å². The van der Waals surface area contributed by atoms with Crippen LogP contribution in [0.5, 0.6) is 0 Å². The van der Waals surface area contributed by atoms with E-state index >= 15 is 0 Å². The van der Waals surface area contributed by atoms with Crippen LogP contribution < -0.4 is 0 Å². The average Bonchev–Trinajstić information content (AvgIpc) is 2.08. The van der Waals surface area contributed by atoms with Crippen molar-refractivity contribution < 1.29 is 0 Å². The van der Waals surface area contributed by atoms with Gasteiger partial charge >= 0.3 is 0 Å². The zero-order valence-corrected chi connectivity index (χ0v) is 6.23. The van der Waals surface area contributed by atoms with E-state index in [1.165, 1.54) is 5.56 Å². The zero-order chi connectivity index (χ0) is 6.91. The molecule has 1 N–H and O–H groups in total. The van der Waals surface area contributed by atoms with Gasteiger partial charge in [-0.2, -0.15) is 0 Å². The van der Waals surface area contributed by atoms with Crippen LogP contribution in [0.15, 0.2) is 18.5 Å². The number of hydrogen-bond donors (Lipinski definition) is 1. The van der Waals surface area contributed by atoms with Gasteiger partial charge in [0.1, 0.15) is 0 Å². The fourth-order valence-corrected chi connectivity index (χ4v) is 0.790. The Balaban J connectivity index is 2.90. The molecule has 0 bridgehead atoms. The molecular formula is C8H13N. The van der Waals surface area contributed by atoms with Gasteiger partial charge in [0.2, 0.25) is 0 Å². The van der Waals surface area contributed by atoms with Crippen LogP contribution in [0.2, 0.25) is 0 Å². The topological polar surface area (TPSA) is 15.8 Å². The Labute approximate surface area is 56.1 Å². The Kier molecular flexibility index (Phi) is 1.35. The van der Waals surface area contributed by atoms with Gasteiger partial charge < -0.3 is 4.98 Å². The third-order valence-electron chi connectivity index (χ3n) is 1.46. The van der Waals surface area contributed by atoms with E-state index in [-0.39, 0.29) is 0 Å². The van der Waals surface area contributed by atoms with Crippen LogP contribution in [0.3, 0.4) is 0 Å². The predicted octanol–water partition coefficient (Wildman–Crippen LogP) is 2.31. The summed E-state index contributed by atoms with van der Waals surface area (Å²) in [5.41, 5.74) is 1.66. The summed E-state index contributed by atoms with van der Waals surface area (Å²) < 4.78 is 0. The maximum Gasteiger partial charge on any atom is 0.00426 e. The number of hydrogen-bond acceptors (Lipinski definition) is 0. The van der Waals surface area contributed by atoms with Crippen LogP contribution in [-0.2, 0) is 5.41 Å². The van der Waals surface area contributed by atoms with Gasteiger partial charge in [-0.05, 0) is 17.0 Å². The van der Waals surface area contributed by atoms with Gasteiger partial charge in [0, 0.05) is 12.4 Å². The summed E-state index contributed by atoms with van der Waals surface area (Å²) in [6.45, 7) is 6.61. The molecule has 0 aliphatic rings. The highest BCUT2D eigenvalue weighted by Gasteiger charge is 2.12. The van der Waals surface area contributed by atoms with Crippen LogP contribution in [0, 0.1) is 0 Å². The molecular weight excluding hydrogens is 110 g/mol. The van der Waals surface area contributed by atoms with E-state index in [0.29, 0.717) is 5.41 Å². The Morgan fingerprint density at radius 1 is 1.33 bits per heavy atom. The molecule has 0 saturated heterocycles. The summed E-state index contributed by atoms with van der Waals surface area (Å²) in [4.78, 5) is 3.04. The first kappa shape index (κ1) is 6.40. The molecule has 0 saturated carbocycles. The standard InChI is InChI=1S/C8H13N/c1-8(2,3)7-4-5-9-6-7/h4-6,9H,1-3H3. The first-order valence-corrected chi connectivity index (χ1v) is 3.24.